The van der Waals surface area contributed by atoms with E-state index in [0.29, 0.717) is 17.0 Å². The van der Waals surface area contributed by atoms with Crippen molar-refractivity contribution in [3.63, 3.8) is 0 Å². The van der Waals surface area contributed by atoms with Crippen molar-refractivity contribution in [3.05, 3.63) is 55.9 Å². The standard InChI is InChI=1S/C12H10FNO3S/c1-7-10(11(15)16)18-12(17)14(7)6-8-2-4-9(13)5-3-8/h2-5H,6H2,1H3,(H,15,16). The molecule has 18 heavy (non-hydrogen) atoms. The Hall–Kier alpha value is -1.95. The highest BCUT2D eigenvalue weighted by molar-refractivity contribution is 7.11. The molecule has 0 unspecified atom stereocenters. The van der Waals surface area contributed by atoms with Gasteiger partial charge in [-0.25, -0.2) is 9.18 Å². The first-order valence-electron chi connectivity index (χ1n) is 5.17. The van der Waals surface area contributed by atoms with Crippen LogP contribution < -0.4 is 4.87 Å². The zero-order valence-corrected chi connectivity index (χ0v) is 10.3. The molecular formula is C12H10FNO3S. The minimum atomic E-state index is -1.10. The van der Waals surface area contributed by atoms with Gasteiger partial charge in [0.15, 0.2) is 0 Å². The molecule has 0 radical (unpaired) electrons. The predicted octanol–water partition coefficient (Wildman–Crippen LogP) is 2.10. The van der Waals surface area contributed by atoms with Gasteiger partial charge in [0.1, 0.15) is 10.7 Å². The van der Waals surface area contributed by atoms with E-state index in [4.69, 9.17) is 5.11 Å². The van der Waals surface area contributed by atoms with Crippen molar-refractivity contribution < 1.29 is 14.3 Å². The van der Waals surface area contributed by atoms with Gasteiger partial charge in [0.05, 0.1) is 6.54 Å². The molecule has 1 aromatic carbocycles. The number of aromatic nitrogens is 1. The van der Waals surface area contributed by atoms with Crippen LogP contribution in [-0.4, -0.2) is 15.6 Å². The molecule has 0 aliphatic carbocycles. The number of hydrogen-bond acceptors (Lipinski definition) is 3. The van der Waals surface area contributed by atoms with E-state index in [1.54, 1.807) is 19.1 Å². The van der Waals surface area contributed by atoms with Gasteiger partial charge >= 0.3 is 10.8 Å². The lowest BCUT2D eigenvalue weighted by atomic mass is 10.2. The lowest BCUT2D eigenvalue weighted by molar-refractivity contribution is 0.0700. The van der Waals surface area contributed by atoms with Crippen LogP contribution in [0.5, 0.6) is 0 Å². The number of hydrogen-bond donors (Lipinski definition) is 1. The van der Waals surface area contributed by atoms with Crippen LogP contribution in [0.25, 0.3) is 0 Å². The highest BCUT2D eigenvalue weighted by Gasteiger charge is 2.16. The Labute approximate surface area is 106 Å². The molecule has 1 heterocycles. The molecule has 0 spiro atoms. The summed E-state index contributed by atoms with van der Waals surface area (Å²) in [6, 6.07) is 5.75. The number of aromatic carboxylic acids is 1. The highest BCUT2D eigenvalue weighted by atomic mass is 32.1. The topological polar surface area (TPSA) is 59.3 Å². The van der Waals surface area contributed by atoms with Crippen LogP contribution in [0.1, 0.15) is 20.9 Å². The molecule has 2 rings (SSSR count). The van der Waals surface area contributed by atoms with E-state index >= 15 is 0 Å². The van der Waals surface area contributed by atoms with Crippen LogP contribution in [0.4, 0.5) is 4.39 Å². The smallest absolute Gasteiger partial charge is 0.347 e. The van der Waals surface area contributed by atoms with Crippen molar-refractivity contribution in [2.24, 2.45) is 0 Å². The van der Waals surface area contributed by atoms with Gasteiger partial charge in [-0.3, -0.25) is 9.36 Å². The first-order valence-corrected chi connectivity index (χ1v) is 5.98. The minimum Gasteiger partial charge on any atom is -0.477 e. The van der Waals surface area contributed by atoms with Crippen molar-refractivity contribution in [2.75, 3.05) is 0 Å². The first kappa shape index (κ1) is 12.5. The largest absolute Gasteiger partial charge is 0.477 e. The van der Waals surface area contributed by atoms with E-state index in [2.05, 4.69) is 0 Å². The van der Waals surface area contributed by atoms with Crippen LogP contribution in [0.15, 0.2) is 29.1 Å². The van der Waals surface area contributed by atoms with Gasteiger partial charge in [-0.2, -0.15) is 0 Å². The number of carboxylic acid groups (broad SMARTS) is 1. The van der Waals surface area contributed by atoms with Gasteiger partial charge < -0.3 is 5.11 Å². The molecule has 6 heteroatoms. The number of carbonyl (C=O) groups is 1. The number of nitrogens with zero attached hydrogens (tertiary/aromatic N) is 1. The van der Waals surface area contributed by atoms with E-state index in [0.717, 1.165) is 5.56 Å². The minimum absolute atomic E-state index is 0.0436. The van der Waals surface area contributed by atoms with Crippen molar-refractivity contribution in [1.29, 1.82) is 0 Å². The van der Waals surface area contributed by atoms with Crippen molar-refractivity contribution >= 4 is 17.3 Å². The Balaban J connectivity index is 2.38. The summed E-state index contributed by atoms with van der Waals surface area (Å²) < 4.78 is 14.1. The second-order valence-electron chi connectivity index (χ2n) is 3.80. The van der Waals surface area contributed by atoms with Crippen LogP contribution in [0.2, 0.25) is 0 Å². The van der Waals surface area contributed by atoms with Crippen molar-refractivity contribution in [2.45, 2.75) is 13.5 Å². The SMILES string of the molecule is Cc1c(C(=O)O)sc(=O)n1Cc1ccc(F)cc1. The van der Waals surface area contributed by atoms with Crippen LogP contribution in [-0.2, 0) is 6.54 Å². The maximum Gasteiger partial charge on any atom is 0.347 e. The third-order valence-electron chi connectivity index (χ3n) is 2.59. The second kappa shape index (κ2) is 4.73. The molecule has 0 atom stereocenters. The molecule has 1 aromatic heterocycles. The molecule has 0 aliphatic heterocycles. The fourth-order valence-electron chi connectivity index (χ4n) is 1.63. The molecule has 0 saturated carbocycles. The summed E-state index contributed by atoms with van der Waals surface area (Å²) in [4.78, 5) is 22.3. The summed E-state index contributed by atoms with van der Waals surface area (Å²) in [5, 5.41) is 8.91. The van der Waals surface area contributed by atoms with Gasteiger partial charge in [0.2, 0.25) is 0 Å². The molecular weight excluding hydrogens is 257 g/mol. The van der Waals surface area contributed by atoms with Gasteiger partial charge in [0.25, 0.3) is 0 Å². The van der Waals surface area contributed by atoms with E-state index < -0.39 is 5.97 Å². The maximum absolute atomic E-state index is 12.7. The molecule has 4 nitrogen and oxygen atoms in total. The monoisotopic (exact) mass is 267 g/mol. The average molecular weight is 267 g/mol. The lowest BCUT2D eigenvalue weighted by Gasteiger charge is -2.04. The Kier molecular flexibility index (Phi) is 3.29. The highest BCUT2D eigenvalue weighted by Crippen LogP contribution is 2.13. The van der Waals surface area contributed by atoms with E-state index in [1.807, 2.05) is 0 Å². The molecule has 0 saturated heterocycles. The van der Waals surface area contributed by atoms with Crippen LogP contribution >= 0.6 is 11.3 Å². The van der Waals surface area contributed by atoms with E-state index in [9.17, 15) is 14.0 Å². The summed E-state index contributed by atoms with van der Waals surface area (Å²) in [6.45, 7) is 1.83. The summed E-state index contributed by atoms with van der Waals surface area (Å²) in [7, 11) is 0. The summed E-state index contributed by atoms with van der Waals surface area (Å²) in [5.41, 5.74) is 1.16. The summed E-state index contributed by atoms with van der Waals surface area (Å²) in [6.07, 6.45) is 0. The first-order chi connectivity index (χ1) is 8.49. The van der Waals surface area contributed by atoms with Crippen molar-refractivity contribution in [3.8, 4) is 0 Å². The number of benzene rings is 1. The fourth-order valence-corrected chi connectivity index (χ4v) is 2.46. The summed E-state index contributed by atoms with van der Waals surface area (Å²) >= 11 is 0.705. The molecule has 0 fully saturated rings. The lowest BCUT2D eigenvalue weighted by Crippen LogP contribution is -2.15. The van der Waals surface area contributed by atoms with Gasteiger partial charge in [-0.1, -0.05) is 23.5 Å². The Morgan fingerprint density at radius 1 is 1.39 bits per heavy atom. The molecule has 0 bridgehead atoms. The quantitative estimate of drug-likeness (QED) is 0.926. The molecule has 1 N–H and O–H groups in total. The molecule has 2 aromatic rings. The van der Waals surface area contributed by atoms with E-state index in [1.165, 1.54) is 16.7 Å². The second-order valence-corrected chi connectivity index (χ2v) is 4.76. The molecule has 0 amide bonds. The Bertz CT molecular complexity index is 642. The van der Waals surface area contributed by atoms with Gasteiger partial charge in [-0.05, 0) is 24.6 Å². The number of thiazole rings is 1. The van der Waals surface area contributed by atoms with Crippen LogP contribution in [0.3, 0.4) is 0 Å². The van der Waals surface area contributed by atoms with Crippen molar-refractivity contribution in [1.82, 2.24) is 4.57 Å². The normalized spacial score (nSPS) is 10.6. The number of halogens is 1. The predicted molar refractivity (Wildman–Crippen MR) is 65.8 cm³/mol. The summed E-state index contributed by atoms with van der Waals surface area (Å²) in [5.74, 6) is -1.45. The number of carboxylic acids is 1. The number of rotatable bonds is 3. The Morgan fingerprint density at radius 2 is 2.00 bits per heavy atom. The molecule has 94 valence electrons. The van der Waals surface area contributed by atoms with Gasteiger partial charge in [0, 0.05) is 5.69 Å². The third kappa shape index (κ3) is 2.33. The van der Waals surface area contributed by atoms with E-state index in [-0.39, 0.29) is 22.1 Å². The molecule has 0 aliphatic rings. The zero-order chi connectivity index (χ0) is 13.3. The maximum atomic E-state index is 12.7. The third-order valence-corrected chi connectivity index (χ3v) is 3.66. The Morgan fingerprint density at radius 3 is 2.50 bits per heavy atom. The average Bonchev–Trinajstić information content (AvgIpc) is 2.60. The van der Waals surface area contributed by atoms with Gasteiger partial charge in [-0.15, -0.1) is 0 Å². The van der Waals surface area contributed by atoms with Crippen LogP contribution in [0, 0.1) is 12.7 Å². The zero-order valence-electron chi connectivity index (χ0n) is 9.51. The fraction of sp³-hybridized carbons (Fsp3) is 0.167.